The van der Waals surface area contributed by atoms with Crippen LogP contribution in [0.2, 0.25) is 0 Å². The number of ether oxygens (including phenoxy) is 1. The van der Waals surface area contributed by atoms with E-state index in [1.54, 1.807) is 12.1 Å². The largest absolute Gasteiger partial charge is 0.427 e. The molecule has 3 nitrogen and oxygen atoms in total. The Morgan fingerprint density at radius 2 is 1.87 bits per heavy atom. The van der Waals surface area contributed by atoms with E-state index in [4.69, 9.17) is 10.5 Å². The Morgan fingerprint density at radius 3 is 2.53 bits per heavy atom. The molecule has 0 unspecified atom stereocenters. The van der Waals surface area contributed by atoms with Crippen LogP contribution < -0.4 is 10.5 Å². The van der Waals surface area contributed by atoms with Gasteiger partial charge >= 0.3 is 5.97 Å². The van der Waals surface area contributed by atoms with Crippen molar-refractivity contribution in [2.75, 3.05) is 6.54 Å². The Morgan fingerprint density at radius 1 is 1.13 bits per heavy atom. The van der Waals surface area contributed by atoms with E-state index in [0.29, 0.717) is 18.7 Å². The normalized spacial score (nSPS) is 9.93. The van der Waals surface area contributed by atoms with Crippen LogP contribution in [0.1, 0.15) is 25.7 Å². The molecular formula is C12H17NO2. The first-order valence-corrected chi connectivity index (χ1v) is 5.28. The molecule has 82 valence electrons. The maximum atomic E-state index is 11.3. The second kappa shape index (κ2) is 7.01. The van der Waals surface area contributed by atoms with E-state index in [2.05, 4.69) is 0 Å². The molecule has 2 N–H and O–H groups in total. The minimum Gasteiger partial charge on any atom is -0.427 e. The van der Waals surface area contributed by atoms with Gasteiger partial charge in [-0.1, -0.05) is 24.6 Å². The Labute approximate surface area is 90.2 Å². The minimum absolute atomic E-state index is 0.168. The quantitative estimate of drug-likeness (QED) is 0.441. The highest BCUT2D eigenvalue weighted by Crippen LogP contribution is 2.10. The number of benzene rings is 1. The first-order chi connectivity index (χ1) is 7.33. The van der Waals surface area contributed by atoms with Crippen LogP contribution in [0, 0.1) is 0 Å². The predicted molar refractivity (Wildman–Crippen MR) is 59.6 cm³/mol. The summed E-state index contributed by atoms with van der Waals surface area (Å²) >= 11 is 0. The molecule has 0 saturated carbocycles. The summed E-state index contributed by atoms with van der Waals surface area (Å²) in [6, 6.07) is 9.13. The molecule has 3 heteroatoms. The van der Waals surface area contributed by atoms with Gasteiger partial charge in [-0.25, -0.2) is 0 Å². The molecule has 0 aromatic heterocycles. The highest BCUT2D eigenvalue weighted by atomic mass is 16.5. The molecule has 0 fully saturated rings. The van der Waals surface area contributed by atoms with E-state index in [1.165, 1.54) is 0 Å². The third kappa shape index (κ3) is 5.18. The number of hydrogen-bond donors (Lipinski definition) is 1. The zero-order chi connectivity index (χ0) is 10.9. The second-order valence-corrected chi connectivity index (χ2v) is 3.39. The van der Waals surface area contributed by atoms with E-state index in [1.807, 2.05) is 18.2 Å². The zero-order valence-corrected chi connectivity index (χ0v) is 8.82. The van der Waals surface area contributed by atoms with E-state index in [0.717, 1.165) is 19.3 Å². The number of rotatable bonds is 6. The van der Waals surface area contributed by atoms with Gasteiger partial charge in [0.1, 0.15) is 5.75 Å². The lowest BCUT2D eigenvalue weighted by Crippen LogP contribution is -2.07. The fourth-order valence-electron chi connectivity index (χ4n) is 1.26. The average molecular weight is 207 g/mol. The first-order valence-electron chi connectivity index (χ1n) is 5.28. The van der Waals surface area contributed by atoms with Crippen molar-refractivity contribution in [3.63, 3.8) is 0 Å². The SMILES string of the molecule is NCCCCCC(=O)Oc1ccccc1. The highest BCUT2D eigenvalue weighted by molar-refractivity contribution is 5.72. The Hall–Kier alpha value is -1.35. The van der Waals surface area contributed by atoms with Crippen molar-refractivity contribution >= 4 is 5.97 Å². The fraction of sp³-hybridized carbons (Fsp3) is 0.417. The van der Waals surface area contributed by atoms with Gasteiger partial charge in [0.05, 0.1) is 0 Å². The van der Waals surface area contributed by atoms with Gasteiger partial charge in [-0.3, -0.25) is 4.79 Å². The maximum absolute atomic E-state index is 11.3. The molecule has 0 radical (unpaired) electrons. The lowest BCUT2D eigenvalue weighted by atomic mass is 10.2. The van der Waals surface area contributed by atoms with Gasteiger partial charge in [0.2, 0.25) is 0 Å². The van der Waals surface area contributed by atoms with Crippen molar-refractivity contribution in [2.45, 2.75) is 25.7 Å². The fourth-order valence-corrected chi connectivity index (χ4v) is 1.26. The molecule has 0 aliphatic carbocycles. The third-order valence-electron chi connectivity index (χ3n) is 2.06. The summed E-state index contributed by atoms with van der Waals surface area (Å²) in [7, 11) is 0. The molecule has 0 heterocycles. The molecule has 0 amide bonds. The molecule has 1 aromatic rings. The number of esters is 1. The Bertz CT molecular complexity index is 285. The molecule has 1 aromatic carbocycles. The van der Waals surface area contributed by atoms with Crippen molar-refractivity contribution in [2.24, 2.45) is 5.73 Å². The minimum atomic E-state index is -0.168. The summed E-state index contributed by atoms with van der Waals surface area (Å²) in [5.41, 5.74) is 5.35. The van der Waals surface area contributed by atoms with Crippen LogP contribution in [-0.2, 0) is 4.79 Å². The summed E-state index contributed by atoms with van der Waals surface area (Å²) in [6.07, 6.45) is 3.27. The van der Waals surface area contributed by atoms with Crippen LogP contribution in [-0.4, -0.2) is 12.5 Å². The lowest BCUT2D eigenvalue weighted by Gasteiger charge is -2.03. The Balaban J connectivity index is 2.19. The summed E-state index contributed by atoms with van der Waals surface area (Å²) in [5, 5.41) is 0. The molecule has 0 aliphatic heterocycles. The second-order valence-electron chi connectivity index (χ2n) is 3.39. The molecular weight excluding hydrogens is 190 g/mol. The lowest BCUT2D eigenvalue weighted by molar-refractivity contribution is -0.134. The zero-order valence-electron chi connectivity index (χ0n) is 8.82. The van der Waals surface area contributed by atoms with Crippen LogP contribution in [0.4, 0.5) is 0 Å². The van der Waals surface area contributed by atoms with E-state index in [9.17, 15) is 4.79 Å². The summed E-state index contributed by atoms with van der Waals surface area (Å²) in [5.74, 6) is 0.444. The number of hydrogen-bond acceptors (Lipinski definition) is 3. The first kappa shape index (κ1) is 11.7. The Kier molecular flexibility index (Phi) is 5.48. The van der Waals surface area contributed by atoms with E-state index in [-0.39, 0.29) is 5.97 Å². The molecule has 0 atom stereocenters. The molecule has 15 heavy (non-hydrogen) atoms. The van der Waals surface area contributed by atoms with E-state index >= 15 is 0 Å². The molecule has 0 saturated heterocycles. The van der Waals surface area contributed by atoms with Gasteiger partial charge in [-0.15, -0.1) is 0 Å². The van der Waals surface area contributed by atoms with Crippen LogP contribution in [0.5, 0.6) is 5.75 Å². The summed E-state index contributed by atoms with van der Waals surface area (Å²) in [6.45, 7) is 0.688. The summed E-state index contributed by atoms with van der Waals surface area (Å²) in [4.78, 5) is 11.3. The number of carbonyl (C=O) groups excluding carboxylic acids is 1. The van der Waals surface area contributed by atoms with Crippen LogP contribution >= 0.6 is 0 Å². The topological polar surface area (TPSA) is 52.3 Å². The molecule has 0 bridgehead atoms. The van der Waals surface area contributed by atoms with Crippen LogP contribution in [0.15, 0.2) is 30.3 Å². The highest BCUT2D eigenvalue weighted by Gasteiger charge is 2.03. The smallest absolute Gasteiger partial charge is 0.311 e. The number of carbonyl (C=O) groups is 1. The molecule has 1 rings (SSSR count). The maximum Gasteiger partial charge on any atom is 0.311 e. The van der Waals surface area contributed by atoms with Gasteiger partial charge in [0, 0.05) is 6.42 Å². The van der Waals surface area contributed by atoms with Crippen LogP contribution in [0.25, 0.3) is 0 Å². The number of nitrogens with two attached hydrogens (primary N) is 1. The van der Waals surface area contributed by atoms with Crippen molar-refractivity contribution in [3.05, 3.63) is 30.3 Å². The predicted octanol–water partition coefficient (Wildman–Crippen LogP) is 2.11. The van der Waals surface area contributed by atoms with Gasteiger partial charge < -0.3 is 10.5 Å². The third-order valence-corrected chi connectivity index (χ3v) is 2.06. The van der Waals surface area contributed by atoms with Crippen molar-refractivity contribution in [1.29, 1.82) is 0 Å². The van der Waals surface area contributed by atoms with Crippen molar-refractivity contribution in [1.82, 2.24) is 0 Å². The van der Waals surface area contributed by atoms with E-state index < -0.39 is 0 Å². The number of para-hydroxylation sites is 1. The molecule has 0 spiro atoms. The van der Waals surface area contributed by atoms with Gasteiger partial charge in [-0.05, 0) is 31.5 Å². The average Bonchev–Trinajstić information content (AvgIpc) is 2.26. The van der Waals surface area contributed by atoms with Gasteiger partial charge in [0.15, 0.2) is 0 Å². The standard InChI is InChI=1S/C12H17NO2/c13-10-6-2-5-9-12(14)15-11-7-3-1-4-8-11/h1,3-4,7-8H,2,5-6,9-10,13H2. The summed E-state index contributed by atoms with van der Waals surface area (Å²) < 4.78 is 5.12. The monoisotopic (exact) mass is 207 g/mol. The van der Waals surface area contributed by atoms with Gasteiger partial charge in [0.25, 0.3) is 0 Å². The van der Waals surface area contributed by atoms with Crippen LogP contribution in [0.3, 0.4) is 0 Å². The number of unbranched alkanes of at least 4 members (excludes halogenated alkanes) is 2. The van der Waals surface area contributed by atoms with Gasteiger partial charge in [-0.2, -0.15) is 0 Å². The van der Waals surface area contributed by atoms with Crippen molar-refractivity contribution in [3.8, 4) is 5.75 Å². The molecule has 0 aliphatic rings. The van der Waals surface area contributed by atoms with Crippen molar-refractivity contribution < 1.29 is 9.53 Å².